The number of nitrogens with one attached hydrogen (secondary N) is 1. The Labute approximate surface area is 94.3 Å². The molecule has 0 aliphatic rings. The number of hydrogen-bond acceptors (Lipinski definition) is 6. The van der Waals surface area contributed by atoms with E-state index in [1.54, 1.807) is 7.05 Å². The van der Waals surface area contributed by atoms with E-state index in [1.165, 1.54) is 12.4 Å². The van der Waals surface area contributed by atoms with Gasteiger partial charge in [0, 0.05) is 11.8 Å². The molecule has 0 bridgehead atoms. The van der Waals surface area contributed by atoms with Crippen molar-refractivity contribution in [3.05, 3.63) is 18.0 Å². The first kappa shape index (κ1) is 12.7. The van der Waals surface area contributed by atoms with Crippen LogP contribution >= 0.6 is 0 Å². The van der Waals surface area contributed by atoms with Crippen molar-refractivity contribution >= 4 is 11.4 Å². The van der Waals surface area contributed by atoms with Gasteiger partial charge < -0.3 is 27.0 Å². The van der Waals surface area contributed by atoms with Gasteiger partial charge in [0.2, 0.25) is 0 Å². The second-order valence-corrected chi connectivity index (χ2v) is 3.64. The minimum atomic E-state index is -1.07. The van der Waals surface area contributed by atoms with E-state index >= 15 is 0 Å². The lowest BCUT2D eigenvalue weighted by Crippen LogP contribution is -2.24. The van der Waals surface area contributed by atoms with Crippen LogP contribution in [-0.4, -0.2) is 34.9 Å². The molecular weight excluding hydrogens is 208 g/mol. The molecule has 6 heteroatoms. The van der Waals surface area contributed by atoms with Crippen LogP contribution in [0, 0.1) is 0 Å². The van der Waals surface area contributed by atoms with Crippen molar-refractivity contribution in [2.24, 2.45) is 0 Å². The molecular formula is C10H18N4O2. The summed E-state index contributed by atoms with van der Waals surface area (Å²) in [4.78, 5) is 3.84. The van der Waals surface area contributed by atoms with Crippen LogP contribution in [0.2, 0.25) is 0 Å². The van der Waals surface area contributed by atoms with E-state index in [4.69, 9.17) is 11.5 Å². The van der Waals surface area contributed by atoms with Gasteiger partial charge in [0.15, 0.2) is 0 Å². The normalized spacial score (nSPS) is 14.7. The molecule has 90 valence electrons. The van der Waals surface area contributed by atoms with Gasteiger partial charge in [-0.05, 0) is 20.0 Å². The Balaban J connectivity index is 2.79. The Hall–Kier alpha value is -1.37. The fourth-order valence-electron chi connectivity index (χ4n) is 1.40. The number of aliphatic hydroxyl groups is 2. The molecule has 0 aromatic carbocycles. The highest BCUT2D eigenvalue weighted by atomic mass is 16.3. The van der Waals surface area contributed by atoms with Gasteiger partial charge in [-0.2, -0.15) is 0 Å². The van der Waals surface area contributed by atoms with Crippen molar-refractivity contribution in [2.45, 2.75) is 18.6 Å². The van der Waals surface area contributed by atoms with Crippen LogP contribution in [0.5, 0.6) is 0 Å². The van der Waals surface area contributed by atoms with Crippen LogP contribution in [0.3, 0.4) is 0 Å². The van der Waals surface area contributed by atoms with Crippen molar-refractivity contribution < 1.29 is 10.2 Å². The third kappa shape index (κ3) is 2.82. The zero-order valence-corrected chi connectivity index (χ0v) is 9.22. The number of pyridine rings is 1. The average Bonchev–Trinajstić information content (AvgIpc) is 2.28. The Morgan fingerprint density at radius 1 is 1.38 bits per heavy atom. The van der Waals surface area contributed by atoms with E-state index < -0.39 is 12.2 Å². The van der Waals surface area contributed by atoms with Gasteiger partial charge in [-0.1, -0.05) is 0 Å². The lowest BCUT2D eigenvalue weighted by molar-refractivity contribution is 0.0143. The average molecular weight is 226 g/mol. The van der Waals surface area contributed by atoms with Crippen LogP contribution in [0.1, 0.15) is 18.1 Å². The summed E-state index contributed by atoms with van der Waals surface area (Å²) in [7, 11) is 1.77. The molecule has 1 heterocycles. The van der Waals surface area contributed by atoms with E-state index in [0.717, 1.165) is 0 Å². The second kappa shape index (κ2) is 5.64. The number of hydrogen-bond donors (Lipinski definition) is 5. The van der Waals surface area contributed by atoms with E-state index in [0.29, 0.717) is 24.2 Å². The van der Waals surface area contributed by atoms with Crippen molar-refractivity contribution in [3.8, 4) is 0 Å². The summed E-state index contributed by atoms with van der Waals surface area (Å²) in [6, 6.07) is 0. The molecule has 0 saturated carbocycles. The van der Waals surface area contributed by atoms with E-state index in [2.05, 4.69) is 10.3 Å². The van der Waals surface area contributed by atoms with Crippen molar-refractivity contribution in [2.75, 3.05) is 25.1 Å². The zero-order valence-electron chi connectivity index (χ0n) is 9.22. The summed E-state index contributed by atoms with van der Waals surface area (Å²) in [5, 5.41) is 22.5. The number of nitrogens with zero attached hydrogens (tertiary/aromatic N) is 1. The highest BCUT2D eigenvalue weighted by Crippen LogP contribution is 2.27. The van der Waals surface area contributed by atoms with E-state index in [1.807, 2.05) is 0 Å². The number of nitrogen functional groups attached to an aromatic ring is 2. The van der Waals surface area contributed by atoms with E-state index in [-0.39, 0.29) is 5.69 Å². The molecule has 1 aromatic heterocycles. The van der Waals surface area contributed by atoms with Crippen molar-refractivity contribution in [3.63, 3.8) is 0 Å². The molecule has 0 spiro atoms. The molecule has 0 radical (unpaired) electrons. The number of rotatable bonds is 5. The van der Waals surface area contributed by atoms with Gasteiger partial charge in [0.25, 0.3) is 0 Å². The van der Waals surface area contributed by atoms with Gasteiger partial charge >= 0.3 is 0 Å². The minimum Gasteiger partial charge on any atom is -0.397 e. The zero-order chi connectivity index (χ0) is 12.1. The Bertz CT molecular complexity index is 346. The second-order valence-electron chi connectivity index (χ2n) is 3.64. The quantitative estimate of drug-likeness (QED) is 0.451. The summed E-state index contributed by atoms with van der Waals surface area (Å²) in [6.07, 6.45) is 1.29. The Morgan fingerprint density at radius 3 is 2.69 bits per heavy atom. The maximum atomic E-state index is 9.87. The molecule has 6 nitrogen and oxygen atoms in total. The molecule has 1 rings (SSSR count). The van der Waals surface area contributed by atoms with Gasteiger partial charge in [-0.3, -0.25) is 4.98 Å². The summed E-state index contributed by atoms with van der Waals surface area (Å²) in [5.74, 6) is 0. The third-order valence-electron chi connectivity index (χ3n) is 2.42. The maximum absolute atomic E-state index is 9.87. The Morgan fingerprint density at radius 2 is 2.06 bits per heavy atom. The molecule has 1 aromatic rings. The topological polar surface area (TPSA) is 117 Å². The standard InChI is InChI=1S/C10H18N4O2/c1-13-3-2-8(15)10(16)6-4-14-5-7(11)9(6)12/h4-5,8,10,13,15-16H,2-3,11H2,1H3,(H2,12,14). The fraction of sp³-hybridized carbons (Fsp3) is 0.500. The predicted octanol–water partition coefficient (Wildman–Crippen LogP) is -0.750. The number of nitrogens with two attached hydrogens (primary N) is 2. The molecule has 0 aliphatic heterocycles. The number of anilines is 2. The first-order chi connectivity index (χ1) is 7.57. The van der Waals surface area contributed by atoms with Gasteiger partial charge in [-0.15, -0.1) is 0 Å². The molecule has 16 heavy (non-hydrogen) atoms. The van der Waals surface area contributed by atoms with Gasteiger partial charge in [0.05, 0.1) is 23.7 Å². The number of aromatic nitrogens is 1. The largest absolute Gasteiger partial charge is 0.397 e. The van der Waals surface area contributed by atoms with Crippen LogP contribution in [-0.2, 0) is 0 Å². The SMILES string of the molecule is CNCCC(O)C(O)c1cncc(N)c1N. The first-order valence-corrected chi connectivity index (χ1v) is 5.07. The smallest absolute Gasteiger partial charge is 0.108 e. The van der Waals surface area contributed by atoms with Gasteiger partial charge in [0.1, 0.15) is 6.10 Å². The summed E-state index contributed by atoms with van der Waals surface area (Å²) >= 11 is 0. The molecule has 2 atom stereocenters. The highest BCUT2D eigenvalue weighted by molar-refractivity contribution is 5.66. The lowest BCUT2D eigenvalue weighted by atomic mass is 10.0. The van der Waals surface area contributed by atoms with Crippen LogP contribution in [0.4, 0.5) is 11.4 Å². The summed E-state index contributed by atoms with van der Waals surface area (Å²) in [5.41, 5.74) is 12.2. The van der Waals surface area contributed by atoms with E-state index in [9.17, 15) is 10.2 Å². The number of aliphatic hydroxyl groups excluding tert-OH is 2. The molecule has 0 aliphatic carbocycles. The van der Waals surface area contributed by atoms with Crippen LogP contribution in [0.15, 0.2) is 12.4 Å². The molecule has 7 N–H and O–H groups in total. The van der Waals surface area contributed by atoms with Gasteiger partial charge in [-0.25, -0.2) is 0 Å². The van der Waals surface area contributed by atoms with Crippen LogP contribution < -0.4 is 16.8 Å². The maximum Gasteiger partial charge on any atom is 0.108 e. The van der Waals surface area contributed by atoms with Crippen molar-refractivity contribution in [1.29, 1.82) is 0 Å². The molecule has 0 saturated heterocycles. The minimum absolute atomic E-state index is 0.269. The van der Waals surface area contributed by atoms with Crippen LogP contribution in [0.25, 0.3) is 0 Å². The summed E-state index contributed by atoms with van der Waals surface area (Å²) < 4.78 is 0. The third-order valence-corrected chi connectivity index (χ3v) is 2.42. The molecule has 2 unspecified atom stereocenters. The molecule has 0 fully saturated rings. The predicted molar refractivity (Wildman–Crippen MR) is 62.6 cm³/mol. The first-order valence-electron chi connectivity index (χ1n) is 5.07. The monoisotopic (exact) mass is 226 g/mol. The highest BCUT2D eigenvalue weighted by Gasteiger charge is 2.21. The summed E-state index contributed by atoms with van der Waals surface area (Å²) in [6.45, 7) is 0.605. The Kier molecular flexibility index (Phi) is 4.48. The lowest BCUT2D eigenvalue weighted by Gasteiger charge is -2.19. The molecule has 0 amide bonds. The fourth-order valence-corrected chi connectivity index (χ4v) is 1.40. The van der Waals surface area contributed by atoms with Crippen molar-refractivity contribution in [1.82, 2.24) is 10.3 Å².